The summed E-state index contributed by atoms with van der Waals surface area (Å²) in [5.74, 6) is 0.322. The number of aryl methyl sites for hydroxylation is 1. The van der Waals surface area contributed by atoms with Gasteiger partial charge in [0.15, 0.2) is 0 Å². The summed E-state index contributed by atoms with van der Waals surface area (Å²) in [4.78, 5) is 8.33. The Balaban J connectivity index is 2.43. The van der Waals surface area contributed by atoms with Gasteiger partial charge in [-0.2, -0.15) is 5.26 Å². The van der Waals surface area contributed by atoms with E-state index in [1.54, 1.807) is 12.4 Å². The second-order valence-electron chi connectivity index (χ2n) is 3.21. The van der Waals surface area contributed by atoms with Crippen LogP contribution in [0.3, 0.4) is 0 Å². The lowest BCUT2D eigenvalue weighted by molar-refractivity contribution is 0.769. The lowest BCUT2D eigenvalue weighted by atomic mass is 10.1. The molecule has 2 rings (SSSR count). The fourth-order valence-corrected chi connectivity index (χ4v) is 1.46. The van der Waals surface area contributed by atoms with Gasteiger partial charge in [-0.15, -0.1) is 0 Å². The van der Waals surface area contributed by atoms with Crippen molar-refractivity contribution in [1.29, 1.82) is 5.26 Å². The Labute approximate surface area is 87.8 Å². The molecule has 0 saturated carbocycles. The molecule has 2 heterocycles. The Morgan fingerprint density at radius 2 is 2.20 bits per heavy atom. The lowest BCUT2D eigenvalue weighted by Crippen LogP contribution is -2.07. The molecular formula is C11H10N4. The summed E-state index contributed by atoms with van der Waals surface area (Å²) in [6, 6.07) is 7.75. The molecule has 15 heavy (non-hydrogen) atoms. The first-order valence-corrected chi connectivity index (χ1v) is 4.60. The van der Waals surface area contributed by atoms with Gasteiger partial charge in [-0.3, -0.25) is 4.98 Å². The highest BCUT2D eigenvalue weighted by Gasteiger charge is 2.18. The summed E-state index contributed by atoms with van der Waals surface area (Å²) in [5, 5.41) is 9.13. The van der Waals surface area contributed by atoms with Gasteiger partial charge in [-0.25, -0.2) is 4.98 Å². The molecule has 0 N–H and O–H groups in total. The van der Waals surface area contributed by atoms with E-state index in [1.807, 2.05) is 36.0 Å². The number of rotatable bonds is 2. The zero-order valence-corrected chi connectivity index (χ0v) is 8.33. The van der Waals surface area contributed by atoms with Crippen molar-refractivity contribution in [3.05, 3.63) is 48.3 Å². The van der Waals surface area contributed by atoms with Crippen LogP contribution >= 0.6 is 0 Å². The van der Waals surface area contributed by atoms with E-state index in [9.17, 15) is 0 Å². The highest BCUT2D eigenvalue weighted by atomic mass is 15.0. The van der Waals surface area contributed by atoms with Gasteiger partial charge in [0.2, 0.25) is 0 Å². The molecule has 74 valence electrons. The van der Waals surface area contributed by atoms with Crippen molar-refractivity contribution in [2.75, 3.05) is 0 Å². The van der Waals surface area contributed by atoms with Crippen molar-refractivity contribution in [2.24, 2.45) is 7.05 Å². The van der Waals surface area contributed by atoms with Crippen molar-refractivity contribution in [1.82, 2.24) is 14.5 Å². The smallest absolute Gasteiger partial charge is 0.146 e. The van der Waals surface area contributed by atoms with E-state index < -0.39 is 5.92 Å². The Kier molecular flexibility index (Phi) is 2.46. The molecule has 2 aromatic heterocycles. The minimum atomic E-state index is -0.397. The van der Waals surface area contributed by atoms with E-state index >= 15 is 0 Å². The molecule has 0 aliphatic carbocycles. The SMILES string of the molecule is Cn1ccnc1C(C#N)c1ccccn1. The van der Waals surface area contributed by atoms with Gasteiger partial charge in [-0.1, -0.05) is 6.07 Å². The van der Waals surface area contributed by atoms with Crippen molar-refractivity contribution in [3.8, 4) is 6.07 Å². The Morgan fingerprint density at radius 1 is 1.33 bits per heavy atom. The monoisotopic (exact) mass is 198 g/mol. The average Bonchev–Trinajstić information content (AvgIpc) is 2.68. The summed E-state index contributed by atoms with van der Waals surface area (Å²) in [6.07, 6.45) is 5.19. The molecule has 0 radical (unpaired) electrons. The molecule has 4 nitrogen and oxygen atoms in total. The number of nitrogens with zero attached hydrogens (tertiary/aromatic N) is 4. The average molecular weight is 198 g/mol. The van der Waals surface area contributed by atoms with Crippen molar-refractivity contribution in [2.45, 2.75) is 5.92 Å². The minimum Gasteiger partial charge on any atom is -0.337 e. The maximum Gasteiger partial charge on any atom is 0.146 e. The third kappa shape index (κ3) is 1.72. The van der Waals surface area contributed by atoms with Crippen LogP contribution < -0.4 is 0 Å². The van der Waals surface area contributed by atoms with Crippen LogP contribution in [0.1, 0.15) is 17.4 Å². The molecule has 0 bridgehead atoms. The predicted octanol–water partition coefficient (Wildman–Crippen LogP) is 1.47. The highest BCUT2D eigenvalue weighted by molar-refractivity contribution is 5.26. The van der Waals surface area contributed by atoms with E-state index in [1.165, 1.54) is 0 Å². The number of imidazole rings is 1. The number of hydrogen-bond acceptors (Lipinski definition) is 3. The van der Waals surface area contributed by atoms with Gasteiger partial charge >= 0.3 is 0 Å². The number of hydrogen-bond donors (Lipinski definition) is 0. The highest BCUT2D eigenvalue weighted by Crippen LogP contribution is 2.19. The van der Waals surface area contributed by atoms with E-state index in [0.29, 0.717) is 0 Å². The topological polar surface area (TPSA) is 54.5 Å². The van der Waals surface area contributed by atoms with Crippen molar-refractivity contribution < 1.29 is 0 Å². The van der Waals surface area contributed by atoms with E-state index in [0.717, 1.165) is 11.5 Å². The summed E-state index contributed by atoms with van der Waals surface area (Å²) in [7, 11) is 1.87. The van der Waals surface area contributed by atoms with Crippen molar-refractivity contribution in [3.63, 3.8) is 0 Å². The zero-order valence-electron chi connectivity index (χ0n) is 8.33. The molecule has 0 fully saturated rings. The van der Waals surface area contributed by atoms with E-state index in [4.69, 9.17) is 5.26 Å². The molecule has 0 aliphatic rings. The van der Waals surface area contributed by atoms with Crippen LogP contribution in [-0.4, -0.2) is 14.5 Å². The van der Waals surface area contributed by atoms with Crippen LogP contribution in [0, 0.1) is 11.3 Å². The maximum absolute atomic E-state index is 9.13. The van der Waals surface area contributed by atoms with Gasteiger partial charge in [-0.05, 0) is 12.1 Å². The summed E-state index contributed by atoms with van der Waals surface area (Å²) in [5.41, 5.74) is 0.731. The fraction of sp³-hybridized carbons (Fsp3) is 0.182. The quantitative estimate of drug-likeness (QED) is 0.734. The molecule has 0 spiro atoms. The second kappa shape index (κ2) is 3.93. The lowest BCUT2D eigenvalue weighted by Gasteiger charge is -2.07. The first-order chi connectivity index (χ1) is 7.33. The van der Waals surface area contributed by atoms with Gasteiger partial charge in [0, 0.05) is 25.6 Å². The van der Waals surface area contributed by atoms with E-state index in [2.05, 4.69) is 16.0 Å². The van der Waals surface area contributed by atoms with Crippen LogP contribution in [0.4, 0.5) is 0 Å². The molecule has 0 aliphatic heterocycles. The van der Waals surface area contributed by atoms with Crippen LogP contribution in [0.5, 0.6) is 0 Å². The molecule has 4 heteroatoms. The van der Waals surface area contributed by atoms with Crippen LogP contribution in [-0.2, 0) is 7.05 Å². The van der Waals surface area contributed by atoms with E-state index in [-0.39, 0.29) is 0 Å². The molecule has 1 atom stereocenters. The Morgan fingerprint density at radius 3 is 2.73 bits per heavy atom. The largest absolute Gasteiger partial charge is 0.337 e. The molecule has 0 aromatic carbocycles. The molecule has 0 saturated heterocycles. The summed E-state index contributed by atoms with van der Waals surface area (Å²) >= 11 is 0. The van der Waals surface area contributed by atoms with Crippen LogP contribution in [0.2, 0.25) is 0 Å². The van der Waals surface area contributed by atoms with Gasteiger partial charge in [0.1, 0.15) is 11.7 Å². The molecule has 1 unspecified atom stereocenters. The Hall–Kier alpha value is -2.15. The third-order valence-corrected chi connectivity index (χ3v) is 2.23. The third-order valence-electron chi connectivity index (χ3n) is 2.23. The zero-order chi connectivity index (χ0) is 10.7. The first-order valence-electron chi connectivity index (χ1n) is 4.60. The predicted molar refractivity (Wildman–Crippen MR) is 54.9 cm³/mol. The first kappa shape index (κ1) is 9.41. The van der Waals surface area contributed by atoms with Crippen LogP contribution in [0.25, 0.3) is 0 Å². The summed E-state index contributed by atoms with van der Waals surface area (Å²) < 4.78 is 1.84. The van der Waals surface area contributed by atoms with Gasteiger partial charge < -0.3 is 4.57 Å². The number of nitriles is 1. The minimum absolute atomic E-state index is 0.397. The van der Waals surface area contributed by atoms with Crippen molar-refractivity contribution >= 4 is 0 Å². The summed E-state index contributed by atoms with van der Waals surface area (Å²) in [6.45, 7) is 0. The fourth-order valence-electron chi connectivity index (χ4n) is 1.46. The standard InChI is InChI=1S/C11H10N4/c1-15-7-6-14-11(15)9(8-12)10-4-2-3-5-13-10/h2-7,9H,1H3. The Bertz CT molecular complexity index is 481. The number of aromatic nitrogens is 3. The normalized spacial score (nSPS) is 12.0. The van der Waals surface area contributed by atoms with Gasteiger partial charge in [0.25, 0.3) is 0 Å². The van der Waals surface area contributed by atoms with Gasteiger partial charge in [0.05, 0.1) is 11.8 Å². The number of pyridine rings is 1. The maximum atomic E-state index is 9.13. The van der Waals surface area contributed by atoms with Crippen LogP contribution in [0.15, 0.2) is 36.8 Å². The molecule has 0 amide bonds. The second-order valence-corrected chi connectivity index (χ2v) is 3.21. The molecular weight excluding hydrogens is 188 g/mol. The molecule has 2 aromatic rings.